The minimum Gasteiger partial charge on any atom is -0.491 e. The Hall–Kier alpha value is -1.55. The average molecular weight is 346 g/mol. The Morgan fingerprint density at radius 2 is 1.84 bits per heavy atom. The number of benzene rings is 1. The van der Waals surface area contributed by atoms with Crippen LogP contribution in [0.2, 0.25) is 0 Å². The SMILES string of the molecule is CC(C)Oc1ccc(C(=O)OC[C@@H]2CCC[N+]3(C)CCCCC23)cc1. The predicted octanol–water partition coefficient (Wildman–Crippen LogP) is 4.04. The maximum atomic E-state index is 12.4. The molecule has 2 heterocycles. The van der Waals surface area contributed by atoms with Gasteiger partial charge in [-0.1, -0.05) is 0 Å². The highest BCUT2D eigenvalue weighted by Crippen LogP contribution is 2.36. The van der Waals surface area contributed by atoms with Gasteiger partial charge in [0.05, 0.1) is 37.8 Å². The summed E-state index contributed by atoms with van der Waals surface area (Å²) in [6.07, 6.45) is 6.50. The lowest BCUT2D eigenvalue weighted by atomic mass is 9.82. The smallest absolute Gasteiger partial charge is 0.338 e. The van der Waals surface area contributed by atoms with Gasteiger partial charge in [0, 0.05) is 12.3 Å². The second kappa shape index (κ2) is 7.77. The Morgan fingerprint density at radius 1 is 1.12 bits per heavy atom. The zero-order valence-corrected chi connectivity index (χ0v) is 15.9. The molecule has 0 N–H and O–H groups in total. The van der Waals surface area contributed by atoms with Crippen LogP contribution in [0.25, 0.3) is 0 Å². The minimum absolute atomic E-state index is 0.132. The molecule has 138 valence electrons. The quantitative estimate of drug-likeness (QED) is 0.596. The lowest BCUT2D eigenvalue weighted by Crippen LogP contribution is -2.61. The van der Waals surface area contributed by atoms with E-state index in [0.717, 1.165) is 5.75 Å². The monoisotopic (exact) mass is 346 g/mol. The summed E-state index contributed by atoms with van der Waals surface area (Å²) < 4.78 is 12.5. The first-order valence-corrected chi connectivity index (χ1v) is 9.76. The number of rotatable bonds is 5. The predicted molar refractivity (Wildman–Crippen MR) is 98.8 cm³/mol. The van der Waals surface area contributed by atoms with Crippen molar-refractivity contribution in [1.29, 1.82) is 0 Å². The molecule has 0 amide bonds. The lowest BCUT2D eigenvalue weighted by Gasteiger charge is -2.51. The van der Waals surface area contributed by atoms with E-state index in [0.29, 0.717) is 24.1 Å². The number of hydrogen-bond donors (Lipinski definition) is 0. The molecule has 0 aliphatic carbocycles. The maximum absolute atomic E-state index is 12.4. The largest absolute Gasteiger partial charge is 0.491 e. The number of fused-ring (bicyclic) bond motifs is 1. The van der Waals surface area contributed by atoms with Crippen molar-refractivity contribution >= 4 is 5.97 Å². The first-order chi connectivity index (χ1) is 12.0. The summed E-state index contributed by atoms with van der Waals surface area (Å²) in [6.45, 7) is 7.11. The Kier molecular flexibility index (Phi) is 5.67. The summed E-state index contributed by atoms with van der Waals surface area (Å²) >= 11 is 0. The highest BCUT2D eigenvalue weighted by Gasteiger charge is 2.43. The summed E-state index contributed by atoms with van der Waals surface area (Å²) in [5.41, 5.74) is 0.604. The van der Waals surface area contributed by atoms with Crippen molar-refractivity contribution in [2.24, 2.45) is 5.92 Å². The van der Waals surface area contributed by atoms with Crippen LogP contribution in [-0.4, -0.2) is 49.3 Å². The first kappa shape index (κ1) is 18.2. The summed E-state index contributed by atoms with van der Waals surface area (Å²) in [5.74, 6) is 1.08. The van der Waals surface area contributed by atoms with Crippen LogP contribution in [0.3, 0.4) is 0 Å². The highest BCUT2D eigenvalue weighted by molar-refractivity contribution is 5.89. The third-order valence-corrected chi connectivity index (χ3v) is 5.90. The average Bonchev–Trinajstić information content (AvgIpc) is 2.59. The molecule has 0 aromatic heterocycles. The lowest BCUT2D eigenvalue weighted by molar-refractivity contribution is -0.947. The number of nitrogens with zero attached hydrogens (tertiary/aromatic N) is 1. The number of hydrogen-bond acceptors (Lipinski definition) is 3. The molecule has 0 spiro atoms. The van der Waals surface area contributed by atoms with Gasteiger partial charge < -0.3 is 14.0 Å². The molecule has 1 aromatic rings. The van der Waals surface area contributed by atoms with Crippen molar-refractivity contribution in [3.05, 3.63) is 29.8 Å². The van der Waals surface area contributed by atoms with Gasteiger partial charge in [-0.2, -0.15) is 0 Å². The number of quaternary nitrogens is 1. The molecule has 2 saturated heterocycles. The van der Waals surface area contributed by atoms with Crippen LogP contribution in [0.1, 0.15) is 56.3 Å². The molecular formula is C21H32NO3+. The fourth-order valence-corrected chi connectivity index (χ4v) is 4.64. The molecule has 1 aromatic carbocycles. The van der Waals surface area contributed by atoms with Crippen LogP contribution in [0, 0.1) is 5.92 Å². The van der Waals surface area contributed by atoms with Gasteiger partial charge in [0.2, 0.25) is 0 Å². The van der Waals surface area contributed by atoms with Crippen molar-refractivity contribution in [3.63, 3.8) is 0 Å². The second-order valence-electron chi connectivity index (χ2n) is 8.18. The fourth-order valence-electron chi connectivity index (χ4n) is 4.64. The molecule has 4 heteroatoms. The van der Waals surface area contributed by atoms with Gasteiger partial charge in [-0.15, -0.1) is 0 Å². The molecule has 3 rings (SSSR count). The van der Waals surface area contributed by atoms with Gasteiger partial charge in [0.15, 0.2) is 0 Å². The number of esters is 1. The van der Waals surface area contributed by atoms with Crippen LogP contribution in [0.5, 0.6) is 5.75 Å². The van der Waals surface area contributed by atoms with E-state index < -0.39 is 0 Å². The summed E-state index contributed by atoms with van der Waals surface area (Å²) in [7, 11) is 2.39. The molecule has 2 aliphatic heterocycles. The standard InChI is InChI=1S/C21H32NO3/c1-16(2)25-19-11-9-17(10-12-19)21(23)24-15-18-7-6-14-22(3)13-5-4-8-20(18)22/h9-12,16,18,20H,4-8,13-15H2,1-3H3/q+1/t18-,20?,22?/m0/s1. The van der Waals surface area contributed by atoms with Crippen LogP contribution in [-0.2, 0) is 4.74 Å². The second-order valence-corrected chi connectivity index (χ2v) is 8.18. The van der Waals surface area contributed by atoms with E-state index in [2.05, 4.69) is 7.05 Å². The molecule has 4 nitrogen and oxygen atoms in total. The Labute approximate surface area is 151 Å². The van der Waals surface area contributed by atoms with Gasteiger partial charge in [-0.3, -0.25) is 0 Å². The van der Waals surface area contributed by atoms with E-state index in [1.165, 1.54) is 49.7 Å². The Morgan fingerprint density at radius 3 is 2.56 bits per heavy atom. The third kappa shape index (κ3) is 4.35. The zero-order chi connectivity index (χ0) is 17.9. The molecule has 2 unspecified atom stereocenters. The van der Waals surface area contributed by atoms with Gasteiger partial charge in [0.25, 0.3) is 0 Å². The van der Waals surface area contributed by atoms with Crippen molar-refractivity contribution < 1.29 is 18.8 Å². The van der Waals surface area contributed by atoms with Crippen LogP contribution >= 0.6 is 0 Å². The van der Waals surface area contributed by atoms with Crippen LogP contribution in [0.4, 0.5) is 0 Å². The number of ether oxygens (including phenoxy) is 2. The first-order valence-electron chi connectivity index (χ1n) is 9.76. The normalized spacial score (nSPS) is 29.1. The van der Waals surface area contributed by atoms with E-state index >= 15 is 0 Å². The molecule has 0 radical (unpaired) electrons. The molecule has 25 heavy (non-hydrogen) atoms. The van der Waals surface area contributed by atoms with Crippen molar-refractivity contribution in [1.82, 2.24) is 0 Å². The molecule has 2 fully saturated rings. The van der Waals surface area contributed by atoms with Gasteiger partial charge in [-0.25, -0.2) is 4.79 Å². The van der Waals surface area contributed by atoms with E-state index in [9.17, 15) is 4.79 Å². The van der Waals surface area contributed by atoms with Crippen molar-refractivity contribution in [2.75, 3.05) is 26.7 Å². The topological polar surface area (TPSA) is 35.5 Å². The number of carbonyl (C=O) groups excluding carboxylic acids is 1. The number of carbonyl (C=O) groups is 1. The molecule has 0 saturated carbocycles. The number of piperidine rings is 2. The highest BCUT2D eigenvalue weighted by atomic mass is 16.5. The van der Waals surface area contributed by atoms with Crippen LogP contribution in [0.15, 0.2) is 24.3 Å². The third-order valence-electron chi connectivity index (χ3n) is 5.90. The van der Waals surface area contributed by atoms with E-state index in [1.54, 1.807) is 12.1 Å². The van der Waals surface area contributed by atoms with E-state index in [4.69, 9.17) is 9.47 Å². The minimum atomic E-state index is -0.216. The maximum Gasteiger partial charge on any atom is 0.338 e. The zero-order valence-electron chi connectivity index (χ0n) is 15.9. The van der Waals surface area contributed by atoms with Crippen molar-refractivity contribution in [2.45, 2.75) is 58.1 Å². The molecular weight excluding hydrogens is 314 g/mol. The van der Waals surface area contributed by atoms with Crippen LogP contribution < -0.4 is 4.74 Å². The van der Waals surface area contributed by atoms with Gasteiger partial charge in [-0.05, 0) is 63.8 Å². The van der Waals surface area contributed by atoms with E-state index in [1.807, 2.05) is 26.0 Å². The Balaban J connectivity index is 1.56. The fraction of sp³-hybridized carbons (Fsp3) is 0.667. The Bertz CT molecular complexity index is 579. The van der Waals surface area contributed by atoms with Gasteiger partial charge >= 0.3 is 5.97 Å². The van der Waals surface area contributed by atoms with Gasteiger partial charge in [0.1, 0.15) is 12.4 Å². The molecule has 3 atom stereocenters. The molecule has 0 bridgehead atoms. The van der Waals surface area contributed by atoms with Crippen molar-refractivity contribution in [3.8, 4) is 5.75 Å². The molecule has 2 aliphatic rings. The summed E-state index contributed by atoms with van der Waals surface area (Å²) in [4.78, 5) is 12.4. The van der Waals surface area contributed by atoms with E-state index in [-0.39, 0.29) is 12.1 Å². The summed E-state index contributed by atoms with van der Waals surface area (Å²) in [5, 5.41) is 0. The summed E-state index contributed by atoms with van der Waals surface area (Å²) in [6, 6.07) is 7.93.